The zero-order chi connectivity index (χ0) is 9.84. The molecule has 1 aromatic rings. The molecule has 0 aliphatic heterocycles. The fourth-order valence-electron chi connectivity index (χ4n) is 0.810. The maximum atomic E-state index is 11.0. The summed E-state index contributed by atoms with van der Waals surface area (Å²) in [6.45, 7) is 0. The fourth-order valence-corrected chi connectivity index (χ4v) is 1.07. The van der Waals surface area contributed by atoms with Crippen molar-refractivity contribution in [2.24, 2.45) is 0 Å². The van der Waals surface area contributed by atoms with Crippen LogP contribution in [0.4, 0.5) is 0 Å². The van der Waals surface area contributed by atoms with Crippen LogP contribution in [0.1, 0.15) is 16.1 Å². The van der Waals surface area contributed by atoms with Crippen LogP contribution in [0, 0.1) is 16.0 Å². The topological polar surface area (TPSA) is 65.9 Å². The number of carbonyl (C=O) groups excluding carboxylic acids is 1. The molecule has 4 nitrogen and oxygen atoms in total. The smallest absolute Gasteiger partial charge is 0.340 e. The van der Waals surface area contributed by atoms with Gasteiger partial charge in [-0.2, -0.15) is 5.26 Å². The maximum Gasteiger partial charge on any atom is 0.340 e. The molecule has 13 heavy (non-hydrogen) atoms. The average Bonchev–Trinajstić information content (AvgIpc) is 2.16. The first kappa shape index (κ1) is 9.42. The van der Waals surface area contributed by atoms with E-state index in [1.165, 1.54) is 19.2 Å². The molecule has 0 bridgehead atoms. The van der Waals surface area contributed by atoms with Crippen molar-refractivity contribution in [2.45, 2.75) is 0 Å². The molecule has 1 rings (SSSR count). The number of pyridine rings is 1. The van der Waals surface area contributed by atoms with E-state index in [-0.39, 0.29) is 10.2 Å². The molecular weight excluding hydrogens is 188 g/mol. The van der Waals surface area contributed by atoms with E-state index >= 15 is 0 Å². The Morgan fingerprint density at radius 1 is 1.69 bits per heavy atom. The molecular formula is C8H6N2O2S. The third-order valence-electron chi connectivity index (χ3n) is 1.44. The third kappa shape index (κ3) is 1.92. The quantitative estimate of drug-likeness (QED) is 0.542. The second-order valence-corrected chi connectivity index (χ2v) is 2.63. The van der Waals surface area contributed by atoms with Crippen molar-refractivity contribution >= 4 is 18.2 Å². The van der Waals surface area contributed by atoms with Gasteiger partial charge in [-0.15, -0.1) is 0 Å². The summed E-state index contributed by atoms with van der Waals surface area (Å²) in [7, 11) is 1.27. The molecule has 1 aromatic heterocycles. The van der Waals surface area contributed by atoms with Gasteiger partial charge in [0.2, 0.25) is 0 Å². The summed E-state index contributed by atoms with van der Waals surface area (Å²) in [6, 6.07) is 4.81. The second kappa shape index (κ2) is 3.83. The molecule has 0 saturated carbocycles. The highest BCUT2D eigenvalue weighted by Crippen LogP contribution is 2.03. The van der Waals surface area contributed by atoms with E-state index in [1.807, 2.05) is 6.07 Å². The van der Waals surface area contributed by atoms with Crippen LogP contribution in [-0.4, -0.2) is 18.1 Å². The standard InChI is InChI=1S/C8H6N2O2S/c1-12-8(11)6-3-2-5(4-9)10-7(6)13/h2-3H,1H3,(H,10,13). The van der Waals surface area contributed by atoms with Gasteiger partial charge in [0.15, 0.2) is 0 Å². The number of hydrogen-bond donors (Lipinski definition) is 1. The number of aromatic nitrogens is 1. The number of H-pyrrole nitrogens is 1. The lowest BCUT2D eigenvalue weighted by molar-refractivity contribution is 0.0599. The van der Waals surface area contributed by atoms with Gasteiger partial charge in [0.25, 0.3) is 0 Å². The molecule has 1 N–H and O–H groups in total. The monoisotopic (exact) mass is 194 g/mol. The summed E-state index contributed by atoms with van der Waals surface area (Å²) >= 11 is 4.84. The summed E-state index contributed by atoms with van der Waals surface area (Å²) in [6.07, 6.45) is 0. The number of nitriles is 1. The molecule has 5 heteroatoms. The van der Waals surface area contributed by atoms with E-state index < -0.39 is 5.97 Å². The van der Waals surface area contributed by atoms with Gasteiger partial charge in [-0.25, -0.2) is 4.79 Å². The number of rotatable bonds is 1. The second-order valence-electron chi connectivity index (χ2n) is 2.22. The zero-order valence-corrected chi connectivity index (χ0v) is 7.64. The molecule has 0 saturated heterocycles. The molecule has 0 atom stereocenters. The molecule has 0 fully saturated rings. The molecule has 0 amide bonds. The van der Waals surface area contributed by atoms with Crippen molar-refractivity contribution in [1.29, 1.82) is 5.26 Å². The molecule has 0 aliphatic carbocycles. The van der Waals surface area contributed by atoms with Gasteiger partial charge in [-0.1, -0.05) is 12.2 Å². The van der Waals surface area contributed by atoms with Crippen molar-refractivity contribution < 1.29 is 9.53 Å². The number of nitrogens with one attached hydrogen (secondary N) is 1. The van der Waals surface area contributed by atoms with Crippen LogP contribution in [0.15, 0.2) is 12.1 Å². The Morgan fingerprint density at radius 2 is 2.38 bits per heavy atom. The number of aromatic amines is 1. The van der Waals surface area contributed by atoms with Crippen LogP contribution in [0.25, 0.3) is 0 Å². The third-order valence-corrected chi connectivity index (χ3v) is 1.76. The van der Waals surface area contributed by atoms with Gasteiger partial charge in [-0.3, -0.25) is 0 Å². The molecule has 0 aromatic carbocycles. The van der Waals surface area contributed by atoms with Gasteiger partial charge in [0.1, 0.15) is 16.4 Å². The molecule has 0 unspecified atom stereocenters. The first-order valence-electron chi connectivity index (χ1n) is 3.40. The van der Waals surface area contributed by atoms with Crippen LogP contribution in [0.5, 0.6) is 0 Å². The van der Waals surface area contributed by atoms with Gasteiger partial charge >= 0.3 is 5.97 Å². The summed E-state index contributed by atoms with van der Waals surface area (Å²) in [5.41, 5.74) is 0.578. The van der Waals surface area contributed by atoms with Crippen molar-refractivity contribution in [3.63, 3.8) is 0 Å². The molecule has 1 heterocycles. The number of methoxy groups -OCH3 is 1. The lowest BCUT2D eigenvalue weighted by Crippen LogP contribution is -2.03. The van der Waals surface area contributed by atoms with E-state index in [0.29, 0.717) is 5.69 Å². The molecule has 66 valence electrons. The van der Waals surface area contributed by atoms with Crippen LogP contribution in [0.2, 0.25) is 0 Å². The van der Waals surface area contributed by atoms with Gasteiger partial charge < -0.3 is 9.72 Å². The summed E-state index contributed by atoms with van der Waals surface area (Å²) in [5, 5.41) is 8.51. The van der Waals surface area contributed by atoms with E-state index in [4.69, 9.17) is 17.5 Å². The van der Waals surface area contributed by atoms with Crippen molar-refractivity contribution in [3.8, 4) is 6.07 Å². The fraction of sp³-hybridized carbons (Fsp3) is 0.125. The van der Waals surface area contributed by atoms with E-state index in [1.54, 1.807) is 0 Å². The molecule has 0 radical (unpaired) electrons. The van der Waals surface area contributed by atoms with Crippen molar-refractivity contribution in [3.05, 3.63) is 28.0 Å². The molecule has 0 aliphatic rings. The Bertz CT molecular complexity index is 431. The van der Waals surface area contributed by atoms with Crippen LogP contribution >= 0.6 is 12.2 Å². The highest BCUT2D eigenvalue weighted by Gasteiger charge is 2.07. The largest absolute Gasteiger partial charge is 0.465 e. The van der Waals surface area contributed by atoms with Crippen LogP contribution < -0.4 is 0 Å². The van der Waals surface area contributed by atoms with E-state index in [2.05, 4.69) is 9.72 Å². The minimum Gasteiger partial charge on any atom is -0.465 e. The van der Waals surface area contributed by atoms with E-state index in [9.17, 15) is 4.79 Å². The lowest BCUT2D eigenvalue weighted by atomic mass is 10.2. The summed E-state index contributed by atoms with van der Waals surface area (Å²) in [5.74, 6) is -0.509. The number of nitrogens with zero attached hydrogens (tertiary/aromatic N) is 1. The minimum absolute atomic E-state index is 0.214. The van der Waals surface area contributed by atoms with Crippen LogP contribution in [0.3, 0.4) is 0 Å². The number of carbonyl (C=O) groups is 1. The Hall–Kier alpha value is -1.67. The predicted molar refractivity (Wildman–Crippen MR) is 47.7 cm³/mol. The molecule has 0 spiro atoms. The number of hydrogen-bond acceptors (Lipinski definition) is 4. The number of esters is 1. The van der Waals surface area contributed by atoms with Crippen LogP contribution in [-0.2, 0) is 4.74 Å². The number of ether oxygens (including phenoxy) is 1. The Balaban J connectivity index is 3.23. The average molecular weight is 194 g/mol. The highest BCUT2D eigenvalue weighted by atomic mass is 32.1. The minimum atomic E-state index is -0.509. The normalized spacial score (nSPS) is 8.92. The highest BCUT2D eigenvalue weighted by molar-refractivity contribution is 7.71. The summed E-state index contributed by atoms with van der Waals surface area (Å²) in [4.78, 5) is 13.6. The van der Waals surface area contributed by atoms with Gasteiger partial charge in [0, 0.05) is 0 Å². The predicted octanol–water partition coefficient (Wildman–Crippen LogP) is 1.40. The lowest BCUT2D eigenvalue weighted by Gasteiger charge is -1.98. The van der Waals surface area contributed by atoms with Crippen molar-refractivity contribution in [1.82, 2.24) is 4.98 Å². The zero-order valence-electron chi connectivity index (χ0n) is 6.83. The van der Waals surface area contributed by atoms with Gasteiger partial charge in [0.05, 0.1) is 12.7 Å². The first-order chi connectivity index (χ1) is 6.19. The Labute approximate surface area is 79.8 Å². The first-order valence-corrected chi connectivity index (χ1v) is 3.81. The van der Waals surface area contributed by atoms with Crippen molar-refractivity contribution in [2.75, 3.05) is 7.11 Å². The van der Waals surface area contributed by atoms with E-state index in [0.717, 1.165) is 0 Å². The maximum absolute atomic E-state index is 11.0. The Kier molecular flexibility index (Phi) is 2.77. The van der Waals surface area contributed by atoms with Gasteiger partial charge in [-0.05, 0) is 12.1 Å². The Morgan fingerprint density at radius 3 is 2.85 bits per heavy atom. The summed E-state index contributed by atoms with van der Waals surface area (Å²) < 4.78 is 4.70. The SMILES string of the molecule is COC(=O)c1ccc(C#N)[nH]c1=S.